The van der Waals surface area contributed by atoms with Crippen LogP contribution in [-0.2, 0) is 28.7 Å². The zero-order valence-corrected chi connectivity index (χ0v) is 20.4. The first-order valence-electron chi connectivity index (χ1n) is 12.8. The SMILES string of the molecule is O=C(CCCOCCC(=O)NCCCCOc1ccccc1)CCN1C(=O)C2C3C=CC(O3)C2C1=O. The smallest absolute Gasteiger partial charge is 0.236 e. The highest BCUT2D eigenvalue weighted by molar-refractivity contribution is 6.07. The van der Waals surface area contributed by atoms with Crippen molar-refractivity contribution < 1.29 is 33.4 Å². The Morgan fingerprint density at radius 1 is 0.861 bits per heavy atom. The van der Waals surface area contributed by atoms with E-state index in [9.17, 15) is 19.2 Å². The van der Waals surface area contributed by atoms with Gasteiger partial charge in [0.25, 0.3) is 0 Å². The van der Waals surface area contributed by atoms with Crippen LogP contribution in [0.5, 0.6) is 5.75 Å². The first-order valence-corrected chi connectivity index (χ1v) is 12.8. The number of likely N-dealkylation sites (tertiary alicyclic amines) is 1. The summed E-state index contributed by atoms with van der Waals surface area (Å²) in [6.07, 6.45) is 6.05. The maximum absolute atomic E-state index is 12.6. The molecule has 0 saturated carbocycles. The third kappa shape index (κ3) is 6.59. The molecular weight excluding hydrogens is 464 g/mol. The average molecular weight is 499 g/mol. The fraction of sp³-hybridized carbons (Fsp3) is 0.556. The molecule has 3 aliphatic heterocycles. The average Bonchev–Trinajstić information content (AvgIpc) is 3.57. The summed E-state index contributed by atoms with van der Waals surface area (Å²) in [6, 6.07) is 9.63. The van der Waals surface area contributed by atoms with E-state index < -0.39 is 11.8 Å². The number of hydrogen-bond donors (Lipinski definition) is 1. The Bertz CT molecular complexity index is 934. The number of amides is 3. The van der Waals surface area contributed by atoms with Crippen LogP contribution in [0.15, 0.2) is 42.5 Å². The molecule has 0 radical (unpaired) electrons. The number of carbonyl (C=O) groups excluding carboxylic acids is 4. The topological polar surface area (TPSA) is 111 Å². The van der Waals surface area contributed by atoms with E-state index in [4.69, 9.17) is 14.2 Å². The van der Waals surface area contributed by atoms with E-state index in [1.54, 1.807) is 0 Å². The predicted molar refractivity (Wildman–Crippen MR) is 130 cm³/mol. The first kappa shape index (κ1) is 26.0. The summed E-state index contributed by atoms with van der Waals surface area (Å²) in [5.74, 6) is -0.534. The number of benzene rings is 1. The highest BCUT2D eigenvalue weighted by Gasteiger charge is 2.60. The molecule has 9 heteroatoms. The molecule has 1 N–H and O–H groups in total. The van der Waals surface area contributed by atoms with Crippen LogP contribution in [0.2, 0.25) is 0 Å². The maximum atomic E-state index is 12.6. The monoisotopic (exact) mass is 498 g/mol. The van der Waals surface area contributed by atoms with Crippen molar-refractivity contribution >= 4 is 23.5 Å². The molecule has 1 aromatic carbocycles. The number of nitrogens with zero attached hydrogens (tertiary/aromatic N) is 1. The van der Waals surface area contributed by atoms with Crippen LogP contribution in [-0.4, -0.2) is 73.5 Å². The largest absolute Gasteiger partial charge is 0.494 e. The number of unbranched alkanes of at least 4 members (excludes halogenated alkanes) is 1. The van der Waals surface area contributed by atoms with Gasteiger partial charge in [0.2, 0.25) is 17.7 Å². The number of ketones is 1. The molecule has 2 bridgehead atoms. The number of rotatable bonds is 16. The normalized spacial score (nSPS) is 23.8. The van der Waals surface area contributed by atoms with Gasteiger partial charge in [0.1, 0.15) is 11.5 Å². The molecule has 4 unspecified atom stereocenters. The third-order valence-corrected chi connectivity index (χ3v) is 6.74. The molecule has 0 spiro atoms. The Balaban J connectivity index is 0.969. The van der Waals surface area contributed by atoms with Crippen molar-refractivity contribution in [2.24, 2.45) is 11.8 Å². The molecule has 3 amide bonds. The minimum atomic E-state index is -0.429. The molecule has 36 heavy (non-hydrogen) atoms. The highest BCUT2D eigenvalue weighted by atomic mass is 16.5. The predicted octanol–water partition coefficient (Wildman–Crippen LogP) is 2.05. The Morgan fingerprint density at radius 3 is 2.31 bits per heavy atom. The number of hydrogen-bond acceptors (Lipinski definition) is 7. The van der Waals surface area contributed by atoms with Gasteiger partial charge >= 0.3 is 0 Å². The van der Waals surface area contributed by atoms with E-state index in [2.05, 4.69) is 5.32 Å². The van der Waals surface area contributed by atoms with Crippen LogP contribution >= 0.6 is 0 Å². The fourth-order valence-corrected chi connectivity index (χ4v) is 4.84. The zero-order chi connectivity index (χ0) is 25.3. The van der Waals surface area contributed by atoms with Crippen molar-refractivity contribution in [1.82, 2.24) is 10.2 Å². The number of para-hydroxylation sites is 1. The van der Waals surface area contributed by atoms with Crippen molar-refractivity contribution in [3.05, 3.63) is 42.5 Å². The molecule has 3 heterocycles. The zero-order valence-electron chi connectivity index (χ0n) is 20.4. The second-order valence-corrected chi connectivity index (χ2v) is 9.30. The molecule has 4 atom stereocenters. The van der Waals surface area contributed by atoms with Gasteiger partial charge in [0.15, 0.2) is 0 Å². The minimum absolute atomic E-state index is 0.0115. The van der Waals surface area contributed by atoms with Crippen LogP contribution in [0.1, 0.15) is 38.5 Å². The van der Waals surface area contributed by atoms with E-state index in [1.807, 2.05) is 42.5 Å². The summed E-state index contributed by atoms with van der Waals surface area (Å²) in [5, 5.41) is 2.86. The Hall–Kier alpha value is -3.04. The molecule has 4 rings (SSSR count). The number of ether oxygens (including phenoxy) is 3. The van der Waals surface area contributed by atoms with E-state index in [1.165, 1.54) is 4.90 Å². The van der Waals surface area contributed by atoms with Gasteiger partial charge in [-0.3, -0.25) is 24.1 Å². The lowest BCUT2D eigenvalue weighted by Crippen LogP contribution is -2.36. The van der Waals surface area contributed by atoms with E-state index in [-0.39, 0.29) is 55.1 Å². The van der Waals surface area contributed by atoms with E-state index in [0.717, 1.165) is 18.6 Å². The summed E-state index contributed by atoms with van der Waals surface area (Å²) in [5.41, 5.74) is 0. The maximum Gasteiger partial charge on any atom is 0.236 e. The van der Waals surface area contributed by atoms with Crippen molar-refractivity contribution in [2.45, 2.75) is 50.7 Å². The van der Waals surface area contributed by atoms with Crippen LogP contribution in [0.4, 0.5) is 0 Å². The van der Waals surface area contributed by atoms with Crippen molar-refractivity contribution in [3.8, 4) is 5.75 Å². The first-order chi connectivity index (χ1) is 17.5. The van der Waals surface area contributed by atoms with Gasteiger partial charge in [-0.05, 0) is 31.4 Å². The van der Waals surface area contributed by atoms with Crippen molar-refractivity contribution in [2.75, 3.05) is 32.9 Å². The summed E-state index contributed by atoms with van der Waals surface area (Å²) in [6.45, 7) is 2.02. The number of Topliss-reactive ketones (excluding diaryl/α,β-unsaturated/α-hetero) is 1. The minimum Gasteiger partial charge on any atom is -0.494 e. The van der Waals surface area contributed by atoms with Crippen LogP contribution in [0.25, 0.3) is 0 Å². The fourth-order valence-electron chi connectivity index (χ4n) is 4.84. The van der Waals surface area contributed by atoms with Crippen LogP contribution < -0.4 is 10.1 Å². The Morgan fingerprint density at radius 2 is 1.58 bits per heavy atom. The number of carbonyl (C=O) groups is 4. The van der Waals surface area contributed by atoms with Crippen molar-refractivity contribution in [3.63, 3.8) is 0 Å². The van der Waals surface area contributed by atoms with E-state index in [0.29, 0.717) is 39.2 Å². The quantitative estimate of drug-likeness (QED) is 0.211. The van der Waals surface area contributed by atoms with Gasteiger partial charge in [-0.25, -0.2) is 0 Å². The summed E-state index contributed by atoms with van der Waals surface area (Å²) >= 11 is 0. The Labute approximate surface area is 211 Å². The third-order valence-electron chi connectivity index (χ3n) is 6.74. The summed E-state index contributed by atoms with van der Waals surface area (Å²) < 4.78 is 16.7. The molecule has 9 nitrogen and oxygen atoms in total. The van der Waals surface area contributed by atoms with Gasteiger partial charge in [-0.15, -0.1) is 0 Å². The van der Waals surface area contributed by atoms with Gasteiger partial charge in [-0.1, -0.05) is 30.4 Å². The molecule has 194 valence electrons. The summed E-state index contributed by atoms with van der Waals surface area (Å²) in [4.78, 5) is 50.5. The second kappa shape index (κ2) is 12.8. The molecule has 3 aliphatic rings. The molecule has 1 aromatic rings. The number of fused-ring (bicyclic) bond motifs is 5. The van der Waals surface area contributed by atoms with Crippen LogP contribution in [0, 0.1) is 11.8 Å². The lowest BCUT2D eigenvalue weighted by molar-refractivity contribution is -0.142. The second-order valence-electron chi connectivity index (χ2n) is 9.30. The summed E-state index contributed by atoms with van der Waals surface area (Å²) in [7, 11) is 0. The molecule has 0 aromatic heterocycles. The number of nitrogens with one attached hydrogen (secondary N) is 1. The highest BCUT2D eigenvalue weighted by Crippen LogP contribution is 2.45. The van der Waals surface area contributed by atoms with Gasteiger partial charge < -0.3 is 19.5 Å². The standard InChI is InChI=1S/C27H34N2O7/c30-19(12-15-29-26(32)24-21-10-11-22(36-21)25(24)27(29)33)7-6-16-34-18-13-23(31)28-14-4-5-17-35-20-8-2-1-3-9-20/h1-3,8-11,21-22,24-25H,4-7,12-18H2,(H,28,31). The lowest BCUT2D eigenvalue weighted by Gasteiger charge is -2.17. The molecule has 2 saturated heterocycles. The molecule has 2 fully saturated rings. The lowest BCUT2D eigenvalue weighted by atomic mass is 9.85. The van der Waals surface area contributed by atoms with Gasteiger partial charge in [0, 0.05) is 39.0 Å². The van der Waals surface area contributed by atoms with Crippen LogP contribution in [0.3, 0.4) is 0 Å². The Kier molecular flexibility index (Phi) is 9.24. The van der Waals surface area contributed by atoms with Gasteiger partial charge in [0.05, 0.1) is 37.3 Å². The molecule has 0 aliphatic carbocycles. The van der Waals surface area contributed by atoms with Gasteiger partial charge in [-0.2, -0.15) is 0 Å². The molecular formula is C27H34N2O7. The van der Waals surface area contributed by atoms with Crippen molar-refractivity contribution in [1.29, 1.82) is 0 Å². The number of imide groups is 1. The van der Waals surface area contributed by atoms with E-state index >= 15 is 0 Å².